The second kappa shape index (κ2) is 13.5. The number of amides is 1. The maximum absolute atomic E-state index is 10.8. The molecule has 216 valence electrons. The third-order valence-corrected chi connectivity index (χ3v) is 7.28. The summed E-state index contributed by atoms with van der Waals surface area (Å²) in [5.41, 5.74) is 4.47. The molecular weight excluding hydrogens is 520 g/mol. The summed E-state index contributed by atoms with van der Waals surface area (Å²) in [5.74, 6) is 1.40. The van der Waals surface area contributed by atoms with Gasteiger partial charge in [0.2, 0.25) is 5.95 Å². The Labute approximate surface area is 240 Å². The summed E-state index contributed by atoms with van der Waals surface area (Å²) in [6, 6.07) is 22.3. The number of nitrogens with one attached hydrogen (secondary N) is 2. The smallest absolute Gasteiger partial charge is 0.404 e. The molecule has 3 heterocycles. The Kier molecular flexibility index (Phi) is 9.33. The molecule has 10 heteroatoms. The van der Waals surface area contributed by atoms with Gasteiger partial charge in [-0.3, -0.25) is 4.57 Å². The van der Waals surface area contributed by atoms with Crippen LogP contribution < -0.4 is 15.4 Å². The van der Waals surface area contributed by atoms with Gasteiger partial charge in [-0.05, 0) is 56.5 Å². The molecule has 1 aliphatic heterocycles. The van der Waals surface area contributed by atoms with Crippen molar-refractivity contribution in [3.05, 3.63) is 83.7 Å². The van der Waals surface area contributed by atoms with E-state index in [0.717, 1.165) is 54.2 Å². The Bertz CT molecular complexity index is 1440. The van der Waals surface area contributed by atoms with Gasteiger partial charge in [0.15, 0.2) is 6.23 Å². The van der Waals surface area contributed by atoms with Crippen LogP contribution in [0.1, 0.15) is 42.9 Å². The van der Waals surface area contributed by atoms with Gasteiger partial charge in [0, 0.05) is 44.5 Å². The molecule has 2 aromatic carbocycles. The van der Waals surface area contributed by atoms with E-state index >= 15 is 0 Å². The molecule has 3 N–H and O–H groups in total. The van der Waals surface area contributed by atoms with Gasteiger partial charge < -0.3 is 30.1 Å². The third kappa shape index (κ3) is 7.14. The van der Waals surface area contributed by atoms with E-state index in [4.69, 9.17) is 24.5 Å². The number of benzene rings is 2. The maximum atomic E-state index is 10.8. The van der Waals surface area contributed by atoms with Crippen molar-refractivity contribution >= 4 is 23.1 Å². The number of nitrogens with zero attached hydrogens (tertiary/aromatic N) is 4. The van der Waals surface area contributed by atoms with Crippen LogP contribution in [0.15, 0.2) is 66.7 Å². The average molecular weight is 559 g/mol. The minimum Gasteiger partial charge on any atom is -0.487 e. The van der Waals surface area contributed by atoms with E-state index in [9.17, 15) is 4.79 Å². The topological polar surface area (TPSA) is 114 Å². The highest BCUT2D eigenvalue weighted by molar-refractivity contribution is 5.79. The predicted molar refractivity (Wildman–Crippen MR) is 158 cm³/mol. The molecule has 5 rings (SSSR count). The van der Waals surface area contributed by atoms with Crippen LogP contribution in [0, 0.1) is 6.92 Å². The largest absolute Gasteiger partial charge is 0.487 e. The number of carbonyl (C=O) groups is 1. The number of ether oxygens (including phenoxy) is 2. The number of imidazole rings is 1. The van der Waals surface area contributed by atoms with Gasteiger partial charge in [0.1, 0.15) is 18.1 Å². The van der Waals surface area contributed by atoms with Crippen molar-refractivity contribution in [2.24, 2.45) is 0 Å². The summed E-state index contributed by atoms with van der Waals surface area (Å²) < 4.78 is 14.8. The number of carboxylic acid groups (broad SMARTS) is 1. The molecular formula is C31H38N6O4. The van der Waals surface area contributed by atoms with Crippen molar-refractivity contribution in [1.29, 1.82) is 0 Å². The number of piperidine rings is 1. The predicted octanol–water partition coefficient (Wildman–Crippen LogP) is 5.05. The first-order valence-electron chi connectivity index (χ1n) is 14.2. The molecule has 1 fully saturated rings. The lowest BCUT2D eigenvalue weighted by atomic mass is 10.1. The van der Waals surface area contributed by atoms with Crippen molar-refractivity contribution in [2.45, 2.75) is 45.6 Å². The Balaban J connectivity index is 1.42. The number of anilines is 1. The van der Waals surface area contributed by atoms with Gasteiger partial charge >= 0.3 is 6.09 Å². The Morgan fingerprint density at radius 2 is 1.80 bits per heavy atom. The van der Waals surface area contributed by atoms with E-state index in [1.165, 1.54) is 0 Å². The Morgan fingerprint density at radius 1 is 1.05 bits per heavy atom. The molecule has 2 aromatic heterocycles. The minimum absolute atomic E-state index is 0.218. The van der Waals surface area contributed by atoms with Crippen molar-refractivity contribution in [3.63, 3.8) is 0 Å². The molecule has 0 bridgehead atoms. The van der Waals surface area contributed by atoms with Gasteiger partial charge in [-0.25, -0.2) is 14.8 Å². The molecule has 0 spiro atoms. The quantitative estimate of drug-likeness (QED) is 0.222. The fourth-order valence-corrected chi connectivity index (χ4v) is 5.22. The second-order valence-electron chi connectivity index (χ2n) is 10.2. The summed E-state index contributed by atoms with van der Waals surface area (Å²) in [6.07, 6.45) is 0.303. The summed E-state index contributed by atoms with van der Waals surface area (Å²) in [7, 11) is 0. The van der Waals surface area contributed by atoms with Crippen LogP contribution in [0.25, 0.3) is 11.0 Å². The SMILES string of the molecule is CCOC(c1nc(C)ccc1OCc1ccccc1)n1c(NC2CCN(CCNC(=O)O)CC2)nc2ccccc21. The number of pyridine rings is 1. The number of hydrogen-bond donors (Lipinski definition) is 3. The second-order valence-corrected chi connectivity index (χ2v) is 10.2. The van der Waals surface area contributed by atoms with Gasteiger partial charge in [-0.2, -0.15) is 0 Å². The number of aromatic nitrogens is 3. The lowest BCUT2D eigenvalue weighted by Crippen LogP contribution is -2.42. The number of hydrogen-bond acceptors (Lipinski definition) is 7. The van der Waals surface area contributed by atoms with Gasteiger partial charge in [-0.1, -0.05) is 42.5 Å². The highest BCUT2D eigenvalue weighted by atomic mass is 16.5. The molecule has 1 aliphatic rings. The fraction of sp³-hybridized carbons (Fsp3) is 0.387. The van der Waals surface area contributed by atoms with Crippen LogP contribution in [0.2, 0.25) is 0 Å². The lowest BCUT2D eigenvalue weighted by molar-refractivity contribution is 0.0393. The first kappa shape index (κ1) is 28.4. The molecule has 1 amide bonds. The summed E-state index contributed by atoms with van der Waals surface area (Å²) in [4.78, 5) is 23.0. The third-order valence-electron chi connectivity index (χ3n) is 7.28. The lowest BCUT2D eigenvalue weighted by Gasteiger charge is -2.33. The van der Waals surface area contributed by atoms with E-state index in [1.807, 2.05) is 74.5 Å². The monoisotopic (exact) mass is 558 g/mol. The van der Waals surface area contributed by atoms with Crippen molar-refractivity contribution in [2.75, 3.05) is 38.1 Å². The first-order valence-corrected chi connectivity index (χ1v) is 14.2. The number of likely N-dealkylation sites (tertiary alicyclic amines) is 1. The zero-order valence-corrected chi connectivity index (χ0v) is 23.6. The zero-order chi connectivity index (χ0) is 28.6. The zero-order valence-electron chi connectivity index (χ0n) is 23.6. The van der Waals surface area contributed by atoms with Crippen LogP contribution in [-0.4, -0.2) is 69.5 Å². The Morgan fingerprint density at radius 3 is 2.56 bits per heavy atom. The number of fused-ring (bicyclic) bond motifs is 1. The molecule has 0 radical (unpaired) electrons. The number of rotatable bonds is 12. The molecule has 0 aliphatic carbocycles. The van der Waals surface area contributed by atoms with E-state index in [2.05, 4.69) is 26.2 Å². The van der Waals surface area contributed by atoms with Crippen molar-refractivity contribution in [1.82, 2.24) is 24.8 Å². The van der Waals surface area contributed by atoms with Crippen molar-refractivity contribution < 1.29 is 19.4 Å². The minimum atomic E-state index is -0.985. The molecule has 4 aromatic rings. The van der Waals surface area contributed by atoms with E-state index < -0.39 is 12.3 Å². The average Bonchev–Trinajstić information content (AvgIpc) is 3.34. The highest BCUT2D eigenvalue weighted by Crippen LogP contribution is 2.34. The number of para-hydroxylation sites is 2. The standard InChI is InChI=1S/C31H38N6O4/c1-3-40-29(28-27(14-13-22(2)33-28)41-21-23-9-5-4-6-10-23)37-26-12-8-7-11-25(26)35-30(37)34-24-15-18-36(19-16-24)20-17-32-31(38)39/h4-14,24,29,32H,3,15-21H2,1-2H3,(H,34,35)(H,38,39). The van der Waals surface area contributed by atoms with Crippen LogP contribution >= 0.6 is 0 Å². The first-order chi connectivity index (χ1) is 20.0. The molecule has 1 atom stereocenters. The number of aryl methyl sites for hydroxylation is 1. The van der Waals surface area contributed by atoms with Crippen molar-refractivity contribution in [3.8, 4) is 5.75 Å². The Hall–Kier alpha value is -4.15. The molecule has 1 saturated heterocycles. The molecule has 1 unspecified atom stereocenters. The normalized spacial score (nSPS) is 15.1. The van der Waals surface area contributed by atoms with Gasteiger partial charge in [-0.15, -0.1) is 0 Å². The summed E-state index contributed by atoms with van der Waals surface area (Å²) >= 11 is 0. The van der Waals surface area contributed by atoms with Gasteiger partial charge in [0.05, 0.1) is 11.0 Å². The van der Waals surface area contributed by atoms with Gasteiger partial charge in [0.25, 0.3) is 0 Å². The van der Waals surface area contributed by atoms with E-state index in [-0.39, 0.29) is 6.04 Å². The van der Waals surface area contributed by atoms with E-state index in [0.29, 0.717) is 37.7 Å². The molecule has 10 nitrogen and oxygen atoms in total. The van der Waals surface area contributed by atoms with Crippen LogP contribution in [-0.2, 0) is 11.3 Å². The molecule has 41 heavy (non-hydrogen) atoms. The summed E-state index contributed by atoms with van der Waals surface area (Å²) in [6.45, 7) is 7.75. The molecule has 0 saturated carbocycles. The highest BCUT2D eigenvalue weighted by Gasteiger charge is 2.28. The van der Waals surface area contributed by atoms with E-state index in [1.54, 1.807) is 0 Å². The maximum Gasteiger partial charge on any atom is 0.404 e. The summed E-state index contributed by atoms with van der Waals surface area (Å²) in [5, 5.41) is 15.0. The van der Waals surface area contributed by atoms with Crippen LogP contribution in [0.3, 0.4) is 0 Å². The fourth-order valence-electron chi connectivity index (χ4n) is 5.22. The van der Waals surface area contributed by atoms with Crippen LogP contribution in [0.5, 0.6) is 5.75 Å². The van der Waals surface area contributed by atoms with Crippen LogP contribution in [0.4, 0.5) is 10.7 Å².